The van der Waals surface area contributed by atoms with E-state index in [4.69, 9.17) is 5.73 Å². The fourth-order valence-corrected chi connectivity index (χ4v) is 2.39. The van der Waals surface area contributed by atoms with Crippen LogP contribution in [0, 0.1) is 10.1 Å². The number of aliphatic hydroxyl groups is 1. The minimum absolute atomic E-state index is 0.0492. The molecule has 0 bridgehead atoms. The summed E-state index contributed by atoms with van der Waals surface area (Å²) in [5.41, 5.74) is 5.53. The van der Waals surface area contributed by atoms with Crippen molar-refractivity contribution in [2.75, 3.05) is 5.73 Å². The van der Waals surface area contributed by atoms with Crippen LogP contribution in [0.5, 0.6) is 0 Å². The lowest BCUT2D eigenvalue weighted by atomic mass is 9.92. The number of nitrogen functional groups attached to an aromatic ring is 1. The molecule has 7 heteroatoms. The molecule has 4 N–H and O–H groups in total. The van der Waals surface area contributed by atoms with Gasteiger partial charge < -0.3 is 16.2 Å². The van der Waals surface area contributed by atoms with Gasteiger partial charge in [-0.3, -0.25) is 14.9 Å². The van der Waals surface area contributed by atoms with Gasteiger partial charge in [0.05, 0.1) is 17.1 Å². The number of amides is 1. The molecule has 1 aliphatic carbocycles. The summed E-state index contributed by atoms with van der Waals surface area (Å²) in [6.45, 7) is 0. The molecule has 2 unspecified atom stereocenters. The molecule has 1 aromatic rings. The van der Waals surface area contributed by atoms with Crippen molar-refractivity contribution in [1.29, 1.82) is 0 Å². The number of rotatable bonds is 3. The minimum atomic E-state index is -0.595. The van der Waals surface area contributed by atoms with Crippen LogP contribution in [0.25, 0.3) is 0 Å². The molecule has 2 rings (SSSR count). The second-order valence-electron chi connectivity index (χ2n) is 4.96. The van der Waals surface area contributed by atoms with E-state index in [9.17, 15) is 20.0 Å². The van der Waals surface area contributed by atoms with Crippen LogP contribution in [0.2, 0.25) is 0 Å². The van der Waals surface area contributed by atoms with Gasteiger partial charge in [-0.05, 0) is 25.0 Å². The van der Waals surface area contributed by atoms with Gasteiger partial charge in [0.2, 0.25) is 0 Å². The molecule has 1 fully saturated rings. The van der Waals surface area contributed by atoms with E-state index in [1.54, 1.807) is 0 Å². The van der Waals surface area contributed by atoms with E-state index in [-0.39, 0.29) is 28.9 Å². The maximum absolute atomic E-state index is 12.0. The fourth-order valence-electron chi connectivity index (χ4n) is 2.39. The van der Waals surface area contributed by atoms with Gasteiger partial charge in [-0.1, -0.05) is 12.8 Å². The van der Waals surface area contributed by atoms with Gasteiger partial charge in [0.15, 0.2) is 0 Å². The third-order valence-corrected chi connectivity index (χ3v) is 3.53. The molecule has 0 aliphatic heterocycles. The van der Waals surface area contributed by atoms with Gasteiger partial charge in [-0.15, -0.1) is 0 Å². The van der Waals surface area contributed by atoms with Gasteiger partial charge >= 0.3 is 0 Å². The van der Waals surface area contributed by atoms with E-state index in [1.807, 2.05) is 0 Å². The Labute approximate surface area is 115 Å². The predicted octanol–water partition coefficient (Wildman–Crippen LogP) is 1.21. The molecule has 0 aromatic heterocycles. The first-order chi connectivity index (χ1) is 9.49. The fraction of sp³-hybridized carbons (Fsp3) is 0.462. The van der Waals surface area contributed by atoms with Crippen molar-refractivity contribution in [3.8, 4) is 0 Å². The van der Waals surface area contributed by atoms with Gasteiger partial charge in [0.25, 0.3) is 11.6 Å². The Morgan fingerprint density at radius 1 is 1.40 bits per heavy atom. The van der Waals surface area contributed by atoms with Crippen LogP contribution in [0.15, 0.2) is 18.2 Å². The lowest BCUT2D eigenvalue weighted by Crippen LogP contribution is -2.45. The van der Waals surface area contributed by atoms with E-state index < -0.39 is 11.0 Å². The molecule has 2 atom stereocenters. The summed E-state index contributed by atoms with van der Waals surface area (Å²) < 4.78 is 0. The zero-order valence-electron chi connectivity index (χ0n) is 10.9. The molecule has 0 heterocycles. The third kappa shape index (κ3) is 3.05. The lowest BCUT2D eigenvalue weighted by Gasteiger charge is -2.28. The van der Waals surface area contributed by atoms with Crippen LogP contribution in [-0.2, 0) is 0 Å². The van der Waals surface area contributed by atoms with Gasteiger partial charge in [0.1, 0.15) is 5.69 Å². The molecule has 1 aromatic carbocycles. The molecule has 0 spiro atoms. The number of anilines is 1. The van der Waals surface area contributed by atoms with Crippen molar-refractivity contribution in [3.05, 3.63) is 33.9 Å². The van der Waals surface area contributed by atoms with Crippen LogP contribution in [0.4, 0.5) is 11.4 Å². The average molecular weight is 279 g/mol. The normalized spacial score (nSPS) is 22.2. The number of nitrogens with one attached hydrogen (secondary N) is 1. The molecular weight excluding hydrogens is 262 g/mol. The number of hydrogen-bond acceptors (Lipinski definition) is 5. The highest BCUT2D eigenvalue weighted by atomic mass is 16.6. The van der Waals surface area contributed by atoms with E-state index >= 15 is 0 Å². The monoisotopic (exact) mass is 279 g/mol. The number of carbonyl (C=O) groups excluding carboxylic acids is 1. The predicted molar refractivity (Wildman–Crippen MR) is 73.2 cm³/mol. The smallest absolute Gasteiger partial charge is 0.292 e. The number of nitro groups is 1. The molecular formula is C13H17N3O4. The highest BCUT2D eigenvalue weighted by Crippen LogP contribution is 2.23. The first-order valence-electron chi connectivity index (χ1n) is 6.52. The van der Waals surface area contributed by atoms with Gasteiger partial charge in [0, 0.05) is 11.6 Å². The van der Waals surface area contributed by atoms with Crippen molar-refractivity contribution in [2.45, 2.75) is 37.8 Å². The molecule has 7 nitrogen and oxygen atoms in total. The van der Waals surface area contributed by atoms with Gasteiger partial charge in [-0.25, -0.2) is 0 Å². The van der Waals surface area contributed by atoms with Crippen molar-refractivity contribution < 1.29 is 14.8 Å². The molecule has 1 saturated carbocycles. The van der Waals surface area contributed by atoms with Crippen LogP contribution in [-0.4, -0.2) is 28.1 Å². The molecule has 20 heavy (non-hydrogen) atoms. The zero-order chi connectivity index (χ0) is 14.7. The summed E-state index contributed by atoms with van der Waals surface area (Å²) >= 11 is 0. The van der Waals surface area contributed by atoms with Crippen LogP contribution in [0.3, 0.4) is 0 Å². The first kappa shape index (κ1) is 14.3. The standard InChI is InChI=1S/C13H17N3O4/c14-9-7-8(5-6-11(9)16(19)20)13(18)15-10-3-1-2-4-12(10)17/h5-7,10,12,17H,1-4,14H2,(H,15,18). The quantitative estimate of drug-likeness (QED) is 0.436. The molecule has 1 aliphatic rings. The average Bonchev–Trinajstić information content (AvgIpc) is 2.40. The Kier molecular flexibility index (Phi) is 4.19. The van der Waals surface area contributed by atoms with E-state index in [0.717, 1.165) is 19.3 Å². The Morgan fingerprint density at radius 2 is 2.10 bits per heavy atom. The Balaban J connectivity index is 2.09. The number of nitrogens with zero attached hydrogens (tertiary/aromatic N) is 1. The largest absolute Gasteiger partial charge is 0.393 e. The van der Waals surface area contributed by atoms with Crippen LogP contribution in [0.1, 0.15) is 36.0 Å². The number of benzene rings is 1. The minimum Gasteiger partial charge on any atom is -0.393 e. The second-order valence-corrected chi connectivity index (χ2v) is 4.96. The van der Waals surface area contributed by atoms with E-state index in [0.29, 0.717) is 6.42 Å². The van der Waals surface area contributed by atoms with Crippen molar-refractivity contribution in [1.82, 2.24) is 5.32 Å². The zero-order valence-corrected chi connectivity index (χ0v) is 10.9. The maximum atomic E-state index is 12.0. The number of hydrogen-bond donors (Lipinski definition) is 3. The third-order valence-electron chi connectivity index (χ3n) is 3.53. The van der Waals surface area contributed by atoms with Gasteiger partial charge in [-0.2, -0.15) is 0 Å². The topological polar surface area (TPSA) is 118 Å². The number of nitro benzene ring substituents is 1. The number of nitrogens with two attached hydrogens (primary N) is 1. The summed E-state index contributed by atoms with van der Waals surface area (Å²) in [7, 11) is 0. The maximum Gasteiger partial charge on any atom is 0.292 e. The number of carbonyl (C=O) groups is 1. The lowest BCUT2D eigenvalue weighted by molar-refractivity contribution is -0.383. The molecule has 0 radical (unpaired) electrons. The van der Waals surface area contributed by atoms with E-state index in [2.05, 4.69) is 5.32 Å². The Hall–Kier alpha value is -2.15. The highest BCUT2D eigenvalue weighted by Gasteiger charge is 2.25. The van der Waals surface area contributed by atoms with E-state index in [1.165, 1.54) is 18.2 Å². The summed E-state index contributed by atoms with van der Waals surface area (Å²) in [6.07, 6.45) is 2.79. The first-order valence-corrected chi connectivity index (χ1v) is 6.52. The summed E-state index contributed by atoms with van der Waals surface area (Å²) in [6, 6.07) is 3.58. The van der Waals surface area contributed by atoms with Crippen molar-refractivity contribution >= 4 is 17.3 Å². The SMILES string of the molecule is Nc1cc(C(=O)NC2CCCCC2O)ccc1[N+](=O)[O-]. The highest BCUT2D eigenvalue weighted by molar-refractivity contribution is 5.96. The van der Waals surface area contributed by atoms with Crippen molar-refractivity contribution in [2.24, 2.45) is 0 Å². The summed E-state index contributed by atoms with van der Waals surface area (Å²) in [5, 5.41) is 23.2. The molecule has 108 valence electrons. The summed E-state index contributed by atoms with van der Waals surface area (Å²) in [4.78, 5) is 22.1. The van der Waals surface area contributed by atoms with Crippen molar-refractivity contribution in [3.63, 3.8) is 0 Å². The second kappa shape index (κ2) is 5.87. The molecule has 1 amide bonds. The van der Waals surface area contributed by atoms with Crippen LogP contribution >= 0.6 is 0 Å². The number of aliphatic hydroxyl groups excluding tert-OH is 1. The Bertz CT molecular complexity index is 532. The van der Waals surface area contributed by atoms with Crippen LogP contribution < -0.4 is 11.1 Å². The summed E-state index contributed by atoms with van der Waals surface area (Å²) in [5.74, 6) is -0.377. The molecule has 0 saturated heterocycles. The Morgan fingerprint density at radius 3 is 2.70 bits per heavy atom.